The summed E-state index contributed by atoms with van der Waals surface area (Å²) < 4.78 is 13.1. The quantitative estimate of drug-likeness (QED) is 0.581. The van der Waals surface area contributed by atoms with E-state index in [1.54, 1.807) is 30.7 Å². The summed E-state index contributed by atoms with van der Waals surface area (Å²) in [7, 11) is 5.43. The maximum Gasteiger partial charge on any atom is 0.326 e. The van der Waals surface area contributed by atoms with E-state index in [2.05, 4.69) is 4.99 Å². The van der Waals surface area contributed by atoms with E-state index >= 15 is 0 Å². The first-order valence-electron chi connectivity index (χ1n) is 9.13. The largest absolute Gasteiger partial charge is 0.495 e. The monoisotopic (exact) mass is 413 g/mol. The number of rotatable bonds is 6. The molecule has 29 heavy (non-hydrogen) atoms. The van der Waals surface area contributed by atoms with Crippen molar-refractivity contribution < 1.29 is 19.1 Å². The summed E-state index contributed by atoms with van der Waals surface area (Å²) in [6.07, 6.45) is 0. The highest BCUT2D eigenvalue weighted by Crippen LogP contribution is 2.27. The summed E-state index contributed by atoms with van der Waals surface area (Å²) in [5, 5.41) is 0. The van der Waals surface area contributed by atoms with Crippen LogP contribution in [0.4, 0.5) is 5.69 Å². The van der Waals surface area contributed by atoms with Crippen LogP contribution in [0.2, 0.25) is 0 Å². The van der Waals surface area contributed by atoms with Crippen molar-refractivity contribution in [3.05, 3.63) is 52.8 Å². The molecule has 0 aliphatic heterocycles. The molecule has 0 spiro atoms. The van der Waals surface area contributed by atoms with Crippen LogP contribution in [0.3, 0.4) is 0 Å². The summed E-state index contributed by atoms with van der Waals surface area (Å²) in [4.78, 5) is 31.6. The lowest BCUT2D eigenvalue weighted by Gasteiger charge is -2.11. The number of methoxy groups -OCH3 is 1. The molecule has 0 unspecified atom stereocenters. The van der Waals surface area contributed by atoms with Crippen molar-refractivity contribution in [1.29, 1.82) is 0 Å². The normalized spacial score (nSPS) is 11.5. The third-order valence-corrected chi connectivity index (χ3v) is 5.35. The number of amides is 1. The number of nitrogens with zero attached hydrogens (tertiary/aromatic N) is 3. The molecule has 3 aromatic rings. The van der Waals surface area contributed by atoms with Crippen molar-refractivity contribution in [1.82, 2.24) is 4.57 Å². The first-order chi connectivity index (χ1) is 13.9. The van der Waals surface area contributed by atoms with Crippen molar-refractivity contribution in [2.45, 2.75) is 13.5 Å². The maximum absolute atomic E-state index is 12.8. The van der Waals surface area contributed by atoms with Gasteiger partial charge in [-0.25, -0.2) is 0 Å². The van der Waals surface area contributed by atoms with Crippen LogP contribution in [0.5, 0.6) is 5.75 Å². The molecule has 0 N–H and O–H groups in total. The number of anilines is 1. The van der Waals surface area contributed by atoms with Crippen LogP contribution < -0.4 is 14.4 Å². The minimum atomic E-state index is -0.401. The Morgan fingerprint density at radius 1 is 1.14 bits per heavy atom. The van der Waals surface area contributed by atoms with E-state index in [9.17, 15) is 9.59 Å². The first kappa shape index (κ1) is 20.6. The number of aromatic nitrogens is 1. The molecule has 0 aliphatic rings. The van der Waals surface area contributed by atoms with Gasteiger partial charge in [0, 0.05) is 25.3 Å². The Bertz CT molecular complexity index is 1100. The van der Waals surface area contributed by atoms with E-state index in [1.807, 2.05) is 49.3 Å². The third-order valence-electron chi connectivity index (χ3n) is 4.30. The van der Waals surface area contributed by atoms with Crippen LogP contribution >= 0.6 is 11.3 Å². The average Bonchev–Trinajstić information content (AvgIpc) is 3.05. The van der Waals surface area contributed by atoms with Crippen molar-refractivity contribution in [2.75, 3.05) is 32.7 Å². The highest BCUT2D eigenvalue weighted by Gasteiger charge is 2.16. The molecule has 7 nitrogen and oxygen atoms in total. The molecular weight excluding hydrogens is 390 g/mol. The fraction of sp³-hybridized carbons (Fsp3) is 0.286. The van der Waals surface area contributed by atoms with Gasteiger partial charge in [0.25, 0.3) is 5.91 Å². The predicted molar refractivity (Wildman–Crippen MR) is 114 cm³/mol. The molecule has 0 saturated heterocycles. The summed E-state index contributed by atoms with van der Waals surface area (Å²) in [6.45, 7) is 1.98. The molecular formula is C21H23N3O4S. The number of esters is 1. The molecule has 0 saturated carbocycles. The molecule has 2 aromatic carbocycles. The molecule has 3 rings (SSSR count). The zero-order valence-electron chi connectivity index (χ0n) is 16.8. The third kappa shape index (κ3) is 4.48. The summed E-state index contributed by atoms with van der Waals surface area (Å²) >= 11 is 1.32. The fourth-order valence-electron chi connectivity index (χ4n) is 2.88. The Balaban J connectivity index is 2.09. The lowest BCUT2D eigenvalue weighted by atomic mass is 10.2. The molecule has 1 heterocycles. The van der Waals surface area contributed by atoms with E-state index in [-0.39, 0.29) is 19.1 Å². The summed E-state index contributed by atoms with van der Waals surface area (Å²) in [5.41, 5.74) is 2.18. The standard InChI is InChI=1S/C21H23N3O4S/c1-5-28-18(25)13-24-19-16(27-4)7-6-8-17(19)29-21(24)22-20(26)14-9-11-15(12-10-14)23(2)3/h6-12H,5,13H2,1-4H3. The Morgan fingerprint density at radius 3 is 2.48 bits per heavy atom. The zero-order chi connectivity index (χ0) is 21.0. The van der Waals surface area contributed by atoms with Crippen molar-refractivity contribution in [3.63, 3.8) is 0 Å². The minimum absolute atomic E-state index is 0.0557. The summed E-state index contributed by atoms with van der Waals surface area (Å²) in [6, 6.07) is 12.8. The maximum atomic E-state index is 12.8. The van der Waals surface area contributed by atoms with Gasteiger partial charge >= 0.3 is 5.97 Å². The van der Waals surface area contributed by atoms with E-state index in [4.69, 9.17) is 9.47 Å². The van der Waals surface area contributed by atoms with E-state index in [0.29, 0.717) is 21.6 Å². The molecule has 152 valence electrons. The van der Waals surface area contributed by atoms with Gasteiger partial charge in [-0.2, -0.15) is 4.99 Å². The Hall–Kier alpha value is -3.13. The number of hydrogen-bond donors (Lipinski definition) is 0. The number of carbonyl (C=O) groups excluding carboxylic acids is 2. The predicted octanol–water partition coefficient (Wildman–Crippen LogP) is 3.08. The van der Waals surface area contributed by atoms with Crippen LogP contribution in [0.25, 0.3) is 10.2 Å². The average molecular weight is 413 g/mol. The number of thiazole rings is 1. The molecule has 0 atom stereocenters. The molecule has 0 bridgehead atoms. The number of carbonyl (C=O) groups is 2. The van der Waals surface area contributed by atoms with Gasteiger partial charge < -0.3 is 18.9 Å². The lowest BCUT2D eigenvalue weighted by molar-refractivity contribution is -0.143. The SMILES string of the molecule is CCOC(=O)Cn1c(=NC(=O)c2ccc(N(C)C)cc2)sc2cccc(OC)c21. The van der Waals surface area contributed by atoms with Gasteiger partial charge in [0.15, 0.2) is 4.80 Å². The van der Waals surface area contributed by atoms with E-state index in [1.165, 1.54) is 11.3 Å². The van der Waals surface area contributed by atoms with Gasteiger partial charge in [0.05, 0.1) is 18.4 Å². The van der Waals surface area contributed by atoms with Crippen molar-refractivity contribution >= 4 is 39.1 Å². The molecule has 1 aromatic heterocycles. The van der Waals surface area contributed by atoms with E-state index < -0.39 is 5.97 Å². The van der Waals surface area contributed by atoms with E-state index in [0.717, 1.165) is 10.4 Å². The van der Waals surface area contributed by atoms with Crippen molar-refractivity contribution in [3.8, 4) is 5.75 Å². The van der Waals surface area contributed by atoms with Gasteiger partial charge in [-0.05, 0) is 43.3 Å². The topological polar surface area (TPSA) is 73.1 Å². The number of fused-ring (bicyclic) bond motifs is 1. The Morgan fingerprint density at radius 2 is 1.86 bits per heavy atom. The lowest BCUT2D eigenvalue weighted by Crippen LogP contribution is -2.23. The van der Waals surface area contributed by atoms with Gasteiger partial charge in [-0.1, -0.05) is 17.4 Å². The van der Waals surface area contributed by atoms with Gasteiger partial charge in [-0.3, -0.25) is 9.59 Å². The van der Waals surface area contributed by atoms with Crippen LogP contribution in [0.1, 0.15) is 17.3 Å². The molecule has 8 heteroatoms. The molecule has 0 radical (unpaired) electrons. The minimum Gasteiger partial charge on any atom is -0.495 e. The molecule has 0 aliphatic carbocycles. The number of para-hydroxylation sites is 1. The van der Waals surface area contributed by atoms with Gasteiger partial charge in [-0.15, -0.1) is 0 Å². The Kier molecular flexibility index (Phi) is 6.33. The summed E-state index contributed by atoms with van der Waals surface area (Å²) in [5.74, 6) is -0.173. The van der Waals surface area contributed by atoms with Gasteiger partial charge in [0.1, 0.15) is 17.8 Å². The number of hydrogen-bond acceptors (Lipinski definition) is 6. The number of benzene rings is 2. The van der Waals surface area contributed by atoms with Crippen LogP contribution in [0.15, 0.2) is 47.5 Å². The second-order valence-electron chi connectivity index (χ2n) is 6.44. The fourth-order valence-corrected chi connectivity index (χ4v) is 3.93. The van der Waals surface area contributed by atoms with Crippen molar-refractivity contribution in [2.24, 2.45) is 4.99 Å². The van der Waals surface area contributed by atoms with Crippen LogP contribution in [-0.2, 0) is 16.1 Å². The smallest absolute Gasteiger partial charge is 0.326 e. The van der Waals surface area contributed by atoms with Gasteiger partial charge in [0.2, 0.25) is 0 Å². The van der Waals surface area contributed by atoms with Crippen LogP contribution in [0, 0.1) is 0 Å². The number of ether oxygens (including phenoxy) is 2. The first-order valence-corrected chi connectivity index (χ1v) is 9.94. The molecule has 0 fully saturated rings. The second kappa shape index (κ2) is 8.91. The second-order valence-corrected chi connectivity index (χ2v) is 7.45. The Labute approximate surface area is 172 Å². The zero-order valence-corrected chi connectivity index (χ0v) is 17.7. The highest BCUT2D eigenvalue weighted by molar-refractivity contribution is 7.16. The highest BCUT2D eigenvalue weighted by atomic mass is 32.1. The molecule has 1 amide bonds. The van der Waals surface area contributed by atoms with Crippen LogP contribution in [-0.4, -0.2) is 44.3 Å².